The van der Waals surface area contributed by atoms with E-state index >= 15 is 0 Å². The van der Waals surface area contributed by atoms with E-state index in [4.69, 9.17) is 10.5 Å². The van der Waals surface area contributed by atoms with Crippen molar-refractivity contribution < 1.29 is 4.74 Å². The average molecular weight is 264 g/mol. The Labute approximate surface area is 117 Å². The van der Waals surface area contributed by atoms with Crippen LogP contribution in [-0.2, 0) is 0 Å². The molecule has 2 atom stereocenters. The van der Waals surface area contributed by atoms with Gasteiger partial charge in [-0.05, 0) is 69.6 Å². The Kier molecular flexibility index (Phi) is 5.83. The number of hydrogen-bond acceptors (Lipinski definition) is 3. The summed E-state index contributed by atoms with van der Waals surface area (Å²) in [4.78, 5) is 2.28. The second-order valence-electron chi connectivity index (χ2n) is 5.73. The molecule has 0 aliphatic rings. The molecular weight excluding hydrogens is 236 g/mol. The molecule has 0 radical (unpaired) electrons. The molecule has 0 saturated heterocycles. The SMILES string of the molecule is COc1cc(C)c(C(CC(C)CN)N(C)C)cc1C. The van der Waals surface area contributed by atoms with Crippen molar-refractivity contribution in [1.29, 1.82) is 0 Å². The third-order valence-electron chi connectivity index (χ3n) is 3.79. The van der Waals surface area contributed by atoms with Gasteiger partial charge in [-0.2, -0.15) is 0 Å². The van der Waals surface area contributed by atoms with Crippen molar-refractivity contribution in [3.63, 3.8) is 0 Å². The maximum absolute atomic E-state index is 5.77. The number of ether oxygens (including phenoxy) is 1. The fourth-order valence-corrected chi connectivity index (χ4v) is 2.48. The summed E-state index contributed by atoms with van der Waals surface area (Å²) >= 11 is 0. The van der Waals surface area contributed by atoms with Gasteiger partial charge in [-0.25, -0.2) is 0 Å². The predicted molar refractivity (Wildman–Crippen MR) is 81.7 cm³/mol. The van der Waals surface area contributed by atoms with Gasteiger partial charge in [0.05, 0.1) is 7.11 Å². The van der Waals surface area contributed by atoms with Crippen LogP contribution < -0.4 is 10.5 Å². The van der Waals surface area contributed by atoms with Crippen LogP contribution in [0.1, 0.15) is 36.1 Å². The average Bonchev–Trinajstić information content (AvgIpc) is 2.37. The third-order valence-corrected chi connectivity index (χ3v) is 3.79. The molecule has 0 heterocycles. The molecule has 0 aliphatic carbocycles. The van der Waals surface area contributed by atoms with E-state index < -0.39 is 0 Å². The van der Waals surface area contributed by atoms with Gasteiger partial charge in [0.15, 0.2) is 0 Å². The highest BCUT2D eigenvalue weighted by Gasteiger charge is 2.20. The molecular formula is C16H28N2O. The molecule has 0 amide bonds. The number of rotatable bonds is 6. The van der Waals surface area contributed by atoms with E-state index in [0.29, 0.717) is 12.0 Å². The Balaban J connectivity index is 3.12. The normalized spacial score (nSPS) is 14.5. The van der Waals surface area contributed by atoms with E-state index in [1.807, 2.05) is 0 Å². The van der Waals surface area contributed by atoms with Crippen molar-refractivity contribution in [2.75, 3.05) is 27.7 Å². The quantitative estimate of drug-likeness (QED) is 0.858. The highest BCUT2D eigenvalue weighted by molar-refractivity contribution is 5.42. The minimum Gasteiger partial charge on any atom is -0.496 e. The van der Waals surface area contributed by atoms with Gasteiger partial charge in [0.1, 0.15) is 5.75 Å². The lowest BCUT2D eigenvalue weighted by molar-refractivity contribution is 0.254. The lowest BCUT2D eigenvalue weighted by atomic mass is 9.91. The number of nitrogens with two attached hydrogens (primary N) is 1. The molecule has 19 heavy (non-hydrogen) atoms. The van der Waals surface area contributed by atoms with Gasteiger partial charge in [0, 0.05) is 6.04 Å². The van der Waals surface area contributed by atoms with Crippen molar-refractivity contribution in [2.24, 2.45) is 11.7 Å². The van der Waals surface area contributed by atoms with Crippen LogP contribution in [0.3, 0.4) is 0 Å². The molecule has 1 rings (SSSR count). The number of hydrogen-bond donors (Lipinski definition) is 1. The summed E-state index contributed by atoms with van der Waals surface area (Å²) in [7, 11) is 5.99. The van der Waals surface area contributed by atoms with Gasteiger partial charge in [-0.3, -0.25) is 0 Å². The van der Waals surface area contributed by atoms with Gasteiger partial charge in [-0.1, -0.05) is 13.0 Å². The highest BCUT2D eigenvalue weighted by atomic mass is 16.5. The first-order valence-corrected chi connectivity index (χ1v) is 6.92. The van der Waals surface area contributed by atoms with E-state index in [1.54, 1.807) is 7.11 Å². The summed E-state index contributed by atoms with van der Waals surface area (Å²) in [5, 5.41) is 0. The zero-order valence-electron chi connectivity index (χ0n) is 13.2. The van der Waals surface area contributed by atoms with E-state index in [2.05, 4.69) is 51.9 Å². The number of methoxy groups -OCH3 is 1. The van der Waals surface area contributed by atoms with Crippen molar-refractivity contribution in [3.8, 4) is 5.75 Å². The molecule has 0 bridgehead atoms. The van der Waals surface area contributed by atoms with E-state index in [1.165, 1.54) is 16.7 Å². The Morgan fingerprint density at radius 1 is 1.21 bits per heavy atom. The Hall–Kier alpha value is -1.06. The molecule has 1 aromatic rings. The van der Waals surface area contributed by atoms with Crippen LogP contribution in [-0.4, -0.2) is 32.6 Å². The maximum atomic E-state index is 5.77. The highest BCUT2D eigenvalue weighted by Crippen LogP contribution is 2.32. The molecule has 108 valence electrons. The predicted octanol–water partition coefficient (Wildman–Crippen LogP) is 2.90. The van der Waals surface area contributed by atoms with Crippen LogP contribution in [0.25, 0.3) is 0 Å². The van der Waals surface area contributed by atoms with Gasteiger partial charge >= 0.3 is 0 Å². The first-order chi connectivity index (χ1) is 8.90. The van der Waals surface area contributed by atoms with E-state index in [-0.39, 0.29) is 0 Å². The fraction of sp³-hybridized carbons (Fsp3) is 0.625. The number of benzene rings is 1. The smallest absolute Gasteiger partial charge is 0.122 e. The lowest BCUT2D eigenvalue weighted by Gasteiger charge is -2.29. The van der Waals surface area contributed by atoms with Gasteiger partial charge in [-0.15, -0.1) is 0 Å². The largest absolute Gasteiger partial charge is 0.496 e. The van der Waals surface area contributed by atoms with Gasteiger partial charge in [0.25, 0.3) is 0 Å². The molecule has 0 spiro atoms. The summed E-state index contributed by atoms with van der Waals surface area (Å²) < 4.78 is 5.39. The van der Waals surface area contributed by atoms with Crippen LogP contribution >= 0.6 is 0 Å². The summed E-state index contributed by atoms with van der Waals surface area (Å²) in [6.45, 7) is 7.20. The molecule has 2 N–H and O–H groups in total. The van der Waals surface area contributed by atoms with Crippen molar-refractivity contribution in [2.45, 2.75) is 33.2 Å². The zero-order valence-corrected chi connectivity index (χ0v) is 13.2. The van der Waals surface area contributed by atoms with Crippen LogP contribution in [0.5, 0.6) is 5.75 Å². The molecule has 1 aromatic carbocycles. The summed E-state index contributed by atoms with van der Waals surface area (Å²) in [6, 6.07) is 4.79. The zero-order chi connectivity index (χ0) is 14.6. The molecule has 3 heteroatoms. The number of nitrogens with zero attached hydrogens (tertiary/aromatic N) is 1. The van der Waals surface area contributed by atoms with Crippen LogP contribution in [0.4, 0.5) is 0 Å². The maximum Gasteiger partial charge on any atom is 0.122 e. The lowest BCUT2D eigenvalue weighted by Crippen LogP contribution is -2.25. The Morgan fingerprint density at radius 3 is 2.32 bits per heavy atom. The van der Waals surface area contributed by atoms with E-state index in [0.717, 1.165) is 18.7 Å². The second kappa shape index (κ2) is 6.92. The fourth-order valence-electron chi connectivity index (χ4n) is 2.48. The van der Waals surface area contributed by atoms with Crippen LogP contribution in [0.2, 0.25) is 0 Å². The summed E-state index contributed by atoms with van der Waals surface area (Å²) in [5.41, 5.74) is 9.62. The van der Waals surface area contributed by atoms with Gasteiger partial charge < -0.3 is 15.4 Å². The minimum absolute atomic E-state index is 0.406. The molecule has 0 aromatic heterocycles. The minimum atomic E-state index is 0.406. The van der Waals surface area contributed by atoms with Crippen molar-refractivity contribution >= 4 is 0 Å². The molecule has 2 unspecified atom stereocenters. The molecule has 0 fully saturated rings. The molecule has 0 saturated carbocycles. The first kappa shape index (κ1) is 16.0. The van der Waals surface area contributed by atoms with Crippen molar-refractivity contribution in [1.82, 2.24) is 4.90 Å². The monoisotopic (exact) mass is 264 g/mol. The van der Waals surface area contributed by atoms with Crippen LogP contribution in [0, 0.1) is 19.8 Å². The first-order valence-electron chi connectivity index (χ1n) is 6.92. The summed E-state index contributed by atoms with van der Waals surface area (Å²) in [6.07, 6.45) is 1.08. The topological polar surface area (TPSA) is 38.5 Å². The molecule has 3 nitrogen and oxygen atoms in total. The standard InChI is InChI=1S/C16H28N2O/c1-11(10-17)7-15(18(4)5)14-8-13(3)16(19-6)9-12(14)2/h8-9,11,15H,7,10,17H2,1-6H3. The summed E-state index contributed by atoms with van der Waals surface area (Å²) in [5.74, 6) is 1.49. The Morgan fingerprint density at radius 2 is 1.84 bits per heavy atom. The van der Waals surface area contributed by atoms with Gasteiger partial charge in [0.2, 0.25) is 0 Å². The second-order valence-corrected chi connectivity index (χ2v) is 5.73. The van der Waals surface area contributed by atoms with Crippen LogP contribution in [0.15, 0.2) is 12.1 Å². The molecule has 0 aliphatic heterocycles. The third kappa shape index (κ3) is 3.95. The van der Waals surface area contributed by atoms with E-state index in [9.17, 15) is 0 Å². The Bertz CT molecular complexity index is 415. The van der Waals surface area contributed by atoms with Crippen molar-refractivity contribution in [3.05, 3.63) is 28.8 Å². The number of aryl methyl sites for hydroxylation is 2.